The minimum Gasteiger partial charge on any atom is -0.493 e. The fourth-order valence-corrected chi connectivity index (χ4v) is 2.14. The first kappa shape index (κ1) is 15.2. The van der Waals surface area contributed by atoms with Crippen molar-refractivity contribution in [2.75, 3.05) is 27.2 Å². The van der Waals surface area contributed by atoms with Crippen LogP contribution in [0.25, 0.3) is 6.08 Å². The SMILES string of the molecule is COc1ccc(C=C2C(=O)ON=C2CCl)c(OC)c1OC. The molecule has 7 heteroatoms. The zero-order chi connectivity index (χ0) is 15.4. The van der Waals surface area contributed by atoms with Gasteiger partial charge in [0, 0.05) is 5.56 Å². The number of hydrogen-bond donors (Lipinski definition) is 0. The second kappa shape index (κ2) is 6.49. The van der Waals surface area contributed by atoms with Gasteiger partial charge < -0.3 is 19.0 Å². The van der Waals surface area contributed by atoms with Crippen molar-refractivity contribution in [2.45, 2.75) is 0 Å². The van der Waals surface area contributed by atoms with Gasteiger partial charge in [-0.3, -0.25) is 0 Å². The first-order valence-corrected chi connectivity index (χ1v) is 6.54. The van der Waals surface area contributed by atoms with E-state index in [0.29, 0.717) is 28.5 Å². The molecule has 0 radical (unpaired) electrons. The first-order valence-electron chi connectivity index (χ1n) is 6.01. The molecule has 0 saturated heterocycles. The lowest BCUT2D eigenvalue weighted by Gasteiger charge is -2.14. The largest absolute Gasteiger partial charge is 0.493 e. The highest BCUT2D eigenvalue weighted by Gasteiger charge is 2.26. The number of alkyl halides is 1. The van der Waals surface area contributed by atoms with E-state index in [9.17, 15) is 4.79 Å². The maximum atomic E-state index is 11.7. The standard InChI is InChI=1S/C14H14ClNO5/c1-18-11-5-4-8(12(19-2)13(11)20-3)6-9-10(7-15)16-21-14(9)17/h4-6H,7H2,1-3H3. The van der Waals surface area contributed by atoms with Crippen molar-refractivity contribution < 1.29 is 23.8 Å². The van der Waals surface area contributed by atoms with Crippen LogP contribution < -0.4 is 14.2 Å². The number of nitrogens with zero attached hydrogens (tertiary/aromatic N) is 1. The third-order valence-corrected chi connectivity index (χ3v) is 3.18. The van der Waals surface area contributed by atoms with E-state index < -0.39 is 5.97 Å². The second-order valence-corrected chi connectivity index (χ2v) is 4.30. The molecule has 0 unspecified atom stereocenters. The highest BCUT2D eigenvalue weighted by molar-refractivity contribution is 6.38. The summed E-state index contributed by atoms with van der Waals surface area (Å²) in [6, 6.07) is 3.45. The van der Waals surface area contributed by atoms with E-state index in [1.165, 1.54) is 21.3 Å². The lowest BCUT2D eigenvalue weighted by molar-refractivity contribution is -0.136. The Morgan fingerprint density at radius 2 is 1.90 bits per heavy atom. The van der Waals surface area contributed by atoms with Crippen molar-refractivity contribution in [3.63, 3.8) is 0 Å². The summed E-state index contributed by atoms with van der Waals surface area (Å²) in [5.41, 5.74) is 1.29. The van der Waals surface area contributed by atoms with E-state index in [0.717, 1.165) is 0 Å². The number of ether oxygens (including phenoxy) is 3. The Hall–Kier alpha value is -2.21. The second-order valence-electron chi connectivity index (χ2n) is 4.03. The maximum Gasteiger partial charge on any atom is 0.367 e. The van der Waals surface area contributed by atoms with Crippen LogP contribution in [-0.4, -0.2) is 38.9 Å². The number of rotatable bonds is 5. The highest BCUT2D eigenvalue weighted by Crippen LogP contribution is 2.40. The van der Waals surface area contributed by atoms with Crippen molar-refractivity contribution in [2.24, 2.45) is 5.16 Å². The minimum atomic E-state index is -0.553. The quantitative estimate of drug-likeness (QED) is 0.474. The van der Waals surface area contributed by atoms with E-state index in [1.54, 1.807) is 18.2 Å². The molecule has 112 valence electrons. The number of oxime groups is 1. The molecule has 1 aromatic rings. The van der Waals surface area contributed by atoms with Gasteiger partial charge >= 0.3 is 5.97 Å². The van der Waals surface area contributed by atoms with Crippen LogP contribution in [0.5, 0.6) is 17.2 Å². The number of benzene rings is 1. The predicted molar refractivity (Wildman–Crippen MR) is 78.3 cm³/mol. The van der Waals surface area contributed by atoms with Crippen LogP contribution in [0.15, 0.2) is 22.9 Å². The molecule has 0 N–H and O–H groups in total. The molecule has 2 rings (SSSR count). The fourth-order valence-electron chi connectivity index (χ4n) is 1.94. The van der Waals surface area contributed by atoms with Crippen LogP contribution in [0.1, 0.15) is 5.56 Å². The lowest BCUT2D eigenvalue weighted by atomic mass is 10.1. The first-order chi connectivity index (χ1) is 10.2. The number of carbonyl (C=O) groups excluding carboxylic acids is 1. The van der Waals surface area contributed by atoms with E-state index in [4.69, 9.17) is 25.8 Å². The Balaban J connectivity index is 2.54. The molecular formula is C14H14ClNO5. The zero-order valence-electron chi connectivity index (χ0n) is 11.8. The predicted octanol–water partition coefficient (Wildman–Crippen LogP) is 2.25. The average Bonchev–Trinajstić information content (AvgIpc) is 2.86. The Bertz CT molecular complexity index is 624. The number of halogens is 1. The topological polar surface area (TPSA) is 66.4 Å². The molecule has 0 fully saturated rings. The summed E-state index contributed by atoms with van der Waals surface area (Å²) in [6.45, 7) is 0. The summed E-state index contributed by atoms with van der Waals surface area (Å²) in [4.78, 5) is 16.3. The summed E-state index contributed by atoms with van der Waals surface area (Å²) >= 11 is 5.73. The monoisotopic (exact) mass is 311 g/mol. The smallest absolute Gasteiger partial charge is 0.367 e. The maximum absolute atomic E-state index is 11.7. The molecule has 1 aliphatic rings. The van der Waals surface area contributed by atoms with Gasteiger partial charge in [-0.2, -0.15) is 0 Å². The van der Waals surface area contributed by atoms with Gasteiger partial charge in [0.25, 0.3) is 0 Å². The van der Waals surface area contributed by atoms with Crippen molar-refractivity contribution in [1.82, 2.24) is 0 Å². The Morgan fingerprint density at radius 1 is 1.19 bits per heavy atom. The summed E-state index contributed by atoms with van der Waals surface area (Å²) < 4.78 is 15.8. The fraction of sp³-hybridized carbons (Fsp3) is 0.286. The molecule has 21 heavy (non-hydrogen) atoms. The van der Waals surface area contributed by atoms with Gasteiger partial charge in [0.15, 0.2) is 11.5 Å². The zero-order valence-corrected chi connectivity index (χ0v) is 12.6. The van der Waals surface area contributed by atoms with Gasteiger partial charge in [-0.15, -0.1) is 11.6 Å². The molecule has 1 aliphatic heterocycles. The molecule has 0 spiro atoms. The van der Waals surface area contributed by atoms with E-state index in [2.05, 4.69) is 9.99 Å². The van der Waals surface area contributed by atoms with Crippen LogP contribution in [0.3, 0.4) is 0 Å². The van der Waals surface area contributed by atoms with Crippen LogP contribution in [0.4, 0.5) is 0 Å². The van der Waals surface area contributed by atoms with Crippen molar-refractivity contribution >= 4 is 29.4 Å². The van der Waals surface area contributed by atoms with Crippen molar-refractivity contribution in [3.8, 4) is 17.2 Å². The highest BCUT2D eigenvalue weighted by atomic mass is 35.5. The van der Waals surface area contributed by atoms with Crippen LogP contribution >= 0.6 is 11.6 Å². The van der Waals surface area contributed by atoms with Crippen LogP contribution in [-0.2, 0) is 9.63 Å². The van der Waals surface area contributed by atoms with Gasteiger partial charge in [-0.1, -0.05) is 5.16 Å². The molecule has 0 atom stereocenters. The van der Waals surface area contributed by atoms with E-state index in [1.807, 2.05) is 0 Å². The summed E-state index contributed by atoms with van der Waals surface area (Å²) in [5.74, 6) is 0.926. The summed E-state index contributed by atoms with van der Waals surface area (Å²) in [5, 5.41) is 3.61. The number of methoxy groups -OCH3 is 3. The number of hydrogen-bond acceptors (Lipinski definition) is 6. The third-order valence-electron chi connectivity index (χ3n) is 2.93. The normalized spacial score (nSPS) is 15.7. The summed E-state index contributed by atoms with van der Waals surface area (Å²) in [6.07, 6.45) is 1.59. The Morgan fingerprint density at radius 3 is 2.48 bits per heavy atom. The molecule has 1 heterocycles. The molecule has 0 aromatic heterocycles. The third kappa shape index (κ3) is 2.80. The van der Waals surface area contributed by atoms with Crippen LogP contribution in [0.2, 0.25) is 0 Å². The van der Waals surface area contributed by atoms with Gasteiger partial charge in [-0.25, -0.2) is 4.79 Å². The van der Waals surface area contributed by atoms with Gasteiger partial charge in [0.05, 0.1) is 32.8 Å². The molecule has 0 bridgehead atoms. The average molecular weight is 312 g/mol. The molecule has 1 aromatic carbocycles. The Labute approximate surface area is 126 Å². The Kier molecular flexibility index (Phi) is 4.70. The van der Waals surface area contributed by atoms with Gasteiger partial charge in [0.1, 0.15) is 5.71 Å². The summed E-state index contributed by atoms with van der Waals surface area (Å²) in [7, 11) is 4.54. The van der Waals surface area contributed by atoms with Crippen molar-refractivity contribution in [3.05, 3.63) is 23.3 Å². The van der Waals surface area contributed by atoms with Gasteiger partial charge in [0.2, 0.25) is 5.75 Å². The lowest BCUT2D eigenvalue weighted by Crippen LogP contribution is -2.07. The van der Waals surface area contributed by atoms with Gasteiger partial charge in [-0.05, 0) is 18.2 Å². The molecule has 0 amide bonds. The molecular weight excluding hydrogens is 298 g/mol. The minimum absolute atomic E-state index is 0.0766. The van der Waals surface area contributed by atoms with Crippen molar-refractivity contribution in [1.29, 1.82) is 0 Å². The molecule has 0 aliphatic carbocycles. The van der Waals surface area contributed by atoms with Crippen LogP contribution in [0, 0.1) is 0 Å². The molecule has 0 saturated carbocycles. The number of carbonyl (C=O) groups is 1. The molecule has 6 nitrogen and oxygen atoms in total. The van der Waals surface area contributed by atoms with E-state index >= 15 is 0 Å². The van der Waals surface area contributed by atoms with E-state index in [-0.39, 0.29) is 11.5 Å².